The second-order valence-electron chi connectivity index (χ2n) is 6.76. The Kier molecular flexibility index (Phi) is 4.14. The molecule has 1 fully saturated rings. The first-order chi connectivity index (χ1) is 11.2. The van der Waals surface area contributed by atoms with Gasteiger partial charge in [-0.2, -0.15) is 0 Å². The maximum Gasteiger partial charge on any atom is 0.497 e. The minimum absolute atomic E-state index is 0.219. The zero-order chi connectivity index (χ0) is 17.7. The van der Waals surface area contributed by atoms with Crippen LogP contribution >= 0.6 is 11.6 Å². The van der Waals surface area contributed by atoms with Crippen LogP contribution in [0.2, 0.25) is 5.15 Å². The fourth-order valence-electron chi connectivity index (χ4n) is 2.56. The Balaban J connectivity index is 2.06. The van der Waals surface area contributed by atoms with E-state index in [0.29, 0.717) is 10.7 Å². The van der Waals surface area contributed by atoms with Crippen LogP contribution in [0.5, 0.6) is 0 Å². The van der Waals surface area contributed by atoms with E-state index in [0.717, 1.165) is 5.46 Å². The highest BCUT2D eigenvalue weighted by Crippen LogP contribution is 2.37. The third kappa shape index (κ3) is 2.70. The number of ether oxygens (including phenoxy) is 1. The van der Waals surface area contributed by atoms with Crippen molar-refractivity contribution in [2.45, 2.75) is 45.8 Å². The average molecular weight is 351 g/mol. The van der Waals surface area contributed by atoms with Crippen molar-refractivity contribution in [3.05, 3.63) is 29.3 Å². The topological polar surface area (TPSA) is 62.1 Å². The van der Waals surface area contributed by atoms with Crippen molar-refractivity contribution in [2.24, 2.45) is 0 Å². The molecular weight excluding hydrogens is 330 g/mol. The van der Waals surface area contributed by atoms with Gasteiger partial charge in [0.05, 0.1) is 23.3 Å². The van der Waals surface area contributed by atoms with Crippen LogP contribution in [-0.2, 0) is 14.0 Å². The van der Waals surface area contributed by atoms with E-state index in [4.69, 9.17) is 25.6 Å². The molecule has 0 radical (unpaired) electrons. The largest absolute Gasteiger partial charge is 0.497 e. The highest BCUT2D eigenvalue weighted by Gasteiger charge is 2.52. The van der Waals surface area contributed by atoms with Gasteiger partial charge < -0.3 is 14.0 Å². The molecule has 1 aliphatic heterocycles. The number of aromatic nitrogens is 2. The Morgan fingerprint density at radius 3 is 2.50 bits per heavy atom. The summed E-state index contributed by atoms with van der Waals surface area (Å²) in [6, 6.07) is 3.42. The van der Waals surface area contributed by atoms with E-state index in [-0.39, 0.29) is 12.3 Å². The van der Waals surface area contributed by atoms with Crippen molar-refractivity contribution in [2.75, 3.05) is 6.61 Å². The summed E-state index contributed by atoms with van der Waals surface area (Å²) in [4.78, 5) is 16.1. The van der Waals surface area contributed by atoms with Crippen molar-refractivity contribution in [1.29, 1.82) is 0 Å². The van der Waals surface area contributed by atoms with Crippen molar-refractivity contribution in [3.8, 4) is 0 Å². The van der Waals surface area contributed by atoms with Gasteiger partial charge >= 0.3 is 13.1 Å². The molecule has 0 bridgehead atoms. The Labute approximate surface area is 146 Å². The minimum Gasteiger partial charge on any atom is -0.461 e. The lowest BCUT2D eigenvalue weighted by Crippen LogP contribution is -2.41. The summed E-state index contributed by atoms with van der Waals surface area (Å²) in [5.74, 6) is -0.475. The standard InChI is InChI=1S/C16H20BClN2O4/c1-6-22-14(21)11-8-12-10(7-13(18)20(12)9-19-11)17-23-15(2,3)16(4,5)24-17/h7-9H,6H2,1-5H3. The van der Waals surface area contributed by atoms with Crippen LogP contribution in [0.4, 0.5) is 0 Å². The summed E-state index contributed by atoms with van der Waals surface area (Å²) < 4.78 is 18.9. The molecule has 8 heteroatoms. The molecule has 0 aromatic carbocycles. The Morgan fingerprint density at radius 1 is 1.29 bits per heavy atom. The molecule has 0 unspecified atom stereocenters. The molecule has 0 saturated carbocycles. The second-order valence-corrected chi connectivity index (χ2v) is 7.15. The van der Waals surface area contributed by atoms with Gasteiger partial charge in [0.2, 0.25) is 0 Å². The molecule has 6 nitrogen and oxygen atoms in total. The highest BCUT2D eigenvalue weighted by atomic mass is 35.5. The van der Waals surface area contributed by atoms with Crippen LogP contribution in [0.1, 0.15) is 45.1 Å². The SMILES string of the molecule is CCOC(=O)c1cc2c(B3OC(C)(C)C(C)(C)O3)cc(Cl)n2cn1. The Bertz CT molecular complexity index is 787. The first-order valence-electron chi connectivity index (χ1n) is 7.85. The number of fused-ring (bicyclic) bond motifs is 1. The number of esters is 1. The number of carbonyl (C=O) groups is 1. The second kappa shape index (κ2) is 5.76. The van der Waals surface area contributed by atoms with Crippen LogP contribution in [0, 0.1) is 0 Å². The number of carbonyl (C=O) groups excluding carboxylic acids is 1. The molecule has 0 N–H and O–H groups in total. The van der Waals surface area contributed by atoms with Gasteiger partial charge in [-0.3, -0.25) is 4.40 Å². The van der Waals surface area contributed by atoms with Gasteiger partial charge in [-0.15, -0.1) is 0 Å². The third-order valence-corrected chi connectivity index (χ3v) is 4.93. The summed E-state index contributed by atoms with van der Waals surface area (Å²) >= 11 is 6.29. The van der Waals surface area contributed by atoms with Crippen LogP contribution in [-0.4, -0.2) is 40.3 Å². The smallest absolute Gasteiger partial charge is 0.461 e. The van der Waals surface area contributed by atoms with Gasteiger partial charge in [0.25, 0.3) is 0 Å². The van der Waals surface area contributed by atoms with E-state index in [9.17, 15) is 4.79 Å². The summed E-state index contributed by atoms with van der Waals surface area (Å²) in [6.45, 7) is 9.98. The zero-order valence-electron chi connectivity index (χ0n) is 14.4. The van der Waals surface area contributed by atoms with Gasteiger partial charge in [0, 0.05) is 5.46 Å². The molecule has 0 atom stereocenters. The van der Waals surface area contributed by atoms with Crippen molar-refractivity contribution in [1.82, 2.24) is 9.38 Å². The fraction of sp³-hybridized carbons (Fsp3) is 0.500. The monoisotopic (exact) mass is 350 g/mol. The molecule has 1 aliphatic rings. The van der Waals surface area contributed by atoms with E-state index in [1.54, 1.807) is 23.5 Å². The maximum atomic E-state index is 11.9. The maximum absolute atomic E-state index is 11.9. The van der Waals surface area contributed by atoms with Gasteiger partial charge in [0.1, 0.15) is 11.5 Å². The van der Waals surface area contributed by atoms with Crippen LogP contribution in [0.3, 0.4) is 0 Å². The highest BCUT2D eigenvalue weighted by molar-refractivity contribution is 6.65. The lowest BCUT2D eigenvalue weighted by molar-refractivity contribution is 0.00578. The van der Waals surface area contributed by atoms with E-state index in [1.165, 1.54) is 6.33 Å². The molecule has 2 aromatic heterocycles. The predicted molar refractivity (Wildman–Crippen MR) is 91.9 cm³/mol. The van der Waals surface area contributed by atoms with Crippen LogP contribution < -0.4 is 5.46 Å². The Morgan fingerprint density at radius 2 is 1.92 bits per heavy atom. The van der Waals surface area contributed by atoms with Crippen molar-refractivity contribution in [3.63, 3.8) is 0 Å². The lowest BCUT2D eigenvalue weighted by Gasteiger charge is -2.32. The van der Waals surface area contributed by atoms with Crippen LogP contribution in [0.15, 0.2) is 18.5 Å². The number of rotatable bonds is 3. The number of hydrogen-bond acceptors (Lipinski definition) is 5. The first-order valence-corrected chi connectivity index (χ1v) is 8.23. The zero-order valence-corrected chi connectivity index (χ0v) is 15.2. The summed E-state index contributed by atoms with van der Waals surface area (Å²) in [7, 11) is -0.574. The average Bonchev–Trinajstić information content (AvgIpc) is 2.93. The summed E-state index contributed by atoms with van der Waals surface area (Å²) in [6.07, 6.45) is 1.50. The van der Waals surface area contributed by atoms with E-state index < -0.39 is 24.3 Å². The van der Waals surface area contributed by atoms with Gasteiger partial charge in [-0.1, -0.05) is 11.6 Å². The molecule has 128 valence electrons. The first kappa shape index (κ1) is 17.3. The molecule has 3 rings (SSSR count). The van der Waals surface area contributed by atoms with E-state index in [2.05, 4.69) is 4.98 Å². The molecule has 0 spiro atoms. The summed E-state index contributed by atoms with van der Waals surface area (Å²) in [5.41, 5.74) is 0.755. The Hall–Kier alpha value is -1.57. The number of hydrogen-bond donors (Lipinski definition) is 0. The van der Waals surface area contributed by atoms with Gasteiger partial charge in [-0.25, -0.2) is 9.78 Å². The molecule has 2 aromatic rings. The predicted octanol–water partition coefficient (Wildman–Crippen LogP) is 2.46. The quantitative estimate of drug-likeness (QED) is 0.628. The molecule has 0 aliphatic carbocycles. The minimum atomic E-state index is -0.574. The number of halogens is 1. The van der Waals surface area contributed by atoms with E-state index >= 15 is 0 Å². The fourth-order valence-corrected chi connectivity index (χ4v) is 2.81. The van der Waals surface area contributed by atoms with Crippen molar-refractivity contribution < 1.29 is 18.8 Å². The van der Waals surface area contributed by atoms with E-state index in [1.807, 2.05) is 27.7 Å². The molecule has 24 heavy (non-hydrogen) atoms. The summed E-state index contributed by atoms with van der Waals surface area (Å²) in [5, 5.41) is 0.470. The van der Waals surface area contributed by atoms with Gasteiger partial charge in [0.15, 0.2) is 5.69 Å². The normalized spacial score (nSPS) is 19.0. The molecule has 1 saturated heterocycles. The lowest BCUT2D eigenvalue weighted by atomic mass is 9.79. The van der Waals surface area contributed by atoms with Gasteiger partial charge in [-0.05, 0) is 46.8 Å². The third-order valence-electron chi connectivity index (χ3n) is 4.64. The van der Waals surface area contributed by atoms with Crippen molar-refractivity contribution >= 4 is 35.7 Å². The molecular formula is C16H20BClN2O4. The molecule has 0 amide bonds. The number of nitrogens with zero attached hydrogens (tertiary/aromatic N) is 2. The van der Waals surface area contributed by atoms with Crippen LogP contribution in [0.25, 0.3) is 5.52 Å². The molecule has 3 heterocycles.